The summed E-state index contributed by atoms with van der Waals surface area (Å²) in [6.07, 6.45) is 2.48. The number of hydrogen-bond acceptors (Lipinski definition) is 3. The van der Waals surface area contributed by atoms with Crippen molar-refractivity contribution in [2.75, 3.05) is 0 Å². The molecular formula is C14H11ClO3S. The maximum absolute atomic E-state index is 10.6. The first kappa shape index (κ1) is 13.6. The molecule has 0 aliphatic heterocycles. The summed E-state index contributed by atoms with van der Waals surface area (Å²) in [5.74, 6) is -0.456. The second-order valence-electron chi connectivity index (χ2n) is 3.69. The molecule has 0 atom stereocenters. The Morgan fingerprint density at radius 2 is 2.21 bits per heavy atom. The average molecular weight is 295 g/mol. The minimum Gasteiger partial charge on any atom is -0.487 e. The van der Waals surface area contributed by atoms with E-state index in [4.69, 9.17) is 21.4 Å². The lowest BCUT2D eigenvalue weighted by Crippen LogP contribution is -1.96. The first-order valence-corrected chi connectivity index (χ1v) is 6.77. The van der Waals surface area contributed by atoms with Crippen molar-refractivity contribution in [2.45, 2.75) is 6.61 Å². The molecule has 2 rings (SSSR count). The van der Waals surface area contributed by atoms with Gasteiger partial charge in [0.05, 0.1) is 5.02 Å². The van der Waals surface area contributed by atoms with E-state index in [-0.39, 0.29) is 0 Å². The average Bonchev–Trinajstić information content (AvgIpc) is 2.88. The maximum atomic E-state index is 10.6. The van der Waals surface area contributed by atoms with Gasteiger partial charge in [0, 0.05) is 16.5 Å². The summed E-state index contributed by atoms with van der Waals surface area (Å²) >= 11 is 7.65. The molecule has 98 valence electrons. The molecular weight excluding hydrogens is 284 g/mol. The van der Waals surface area contributed by atoms with Crippen molar-refractivity contribution in [3.63, 3.8) is 0 Å². The number of hydrogen-bond donors (Lipinski definition) is 1. The Hall–Kier alpha value is -1.78. The highest BCUT2D eigenvalue weighted by molar-refractivity contribution is 7.09. The van der Waals surface area contributed by atoms with Crippen LogP contribution >= 0.6 is 22.9 Å². The molecule has 0 aliphatic carbocycles. The number of thiophene rings is 1. The smallest absolute Gasteiger partial charge is 0.328 e. The number of carbonyl (C=O) groups is 1. The van der Waals surface area contributed by atoms with Gasteiger partial charge in [0.15, 0.2) is 0 Å². The number of ether oxygens (including phenoxy) is 1. The highest BCUT2D eigenvalue weighted by Gasteiger charge is 2.06. The van der Waals surface area contributed by atoms with Crippen molar-refractivity contribution >= 4 is 35.0 Å². The normalized spacial score (nSPS) is 10.8. The SMILES string of the molecule is O=C(O)/C=C/c1c(Cl)cccc1OCc1cccs1. The van der Waals surface area contributed by atoms with Gasteiger partial charge in [-0.1, -0.05) is 23.7 Å². The zero-order valence-electron chi connectivity index (χ0n) is 9.88. The topological polar surface area (TPSA) is 46.5 Å². The van der Waals surface area contributed by atoms with Crippen LogP contribution in [0.1, 0.15) is 10.4 Å². The van der Waals surface area contributed by atoms with Crippen LogP contribution in [-0.4, -0.2) is 11.1 Å². The van der Waals surface area contributed by atoms with Crippen LogP contribution in [0.3, 0.4) is 0 Å². The van der Waals surface area contributed by atoms with E-state index in [0.29, 0.717) is 22.9 Å². The summed E-state index contributed by atoms with van der Waals surface area (Å²) in [5, 5.41) is 11.1. The highest BCUT2D eigenvalue weighted by atomic mass is 35.5. The molecule has 0 unspecified atom stereocenters. The minimum atomic E-state index is -1.02. The van der Waals surface area contributed by atoms with E-state index in [1.165, 1.54) is 6.08 Å². The fourth-order valence-electron chi connectivity index (χ4n) is 1.50. The molecule has 1 aromatic carbocycles. The van der Waals surface area contributed by atoms with Crippen molar-refractivity contribution in [1.82, 2.24) is 0 Å². The molecule has 0 aliphatic rings. The Bertz CT molecular complexity index is 591. The van der Waals surface area contributed by atoms with E-state index in [0.717, 1.165) is 11.0 Å². The van der Waals surface area contributed by atoms with E-state index in [2.05, 4.69) is 0 Å². The van der Waals surface area contributed by atoms with E-state index < -0.39 is 5.97 Å². The Morgan fingerprint density at radius 3 is 2.89 bits per heavy atom. The molecule has 1 heterocycles. The van der Waals surface area contributed by atoms with Crippen molar-refractivity contribution < 1.29 is 14.6 Å². The Labute approximate surface area is 119 Å². The van der Waals surface area contributed by atoms with E-state index in [1.54, 1.807) is 29.5 Å². The predicted molar refractivity (Wildman–Crippen MR) is 76.8 cm³/mol. The summed E-state index contributed by atoms with van der Waals surface area (Å²) in [4.78, 5) is 11.7. The second-order valence-corrected chi connectivity index (χ2v) is 5.13. The van der Waals surface area contributed by atoms with E-state index >= 15 is 0 Å². The first-order valence-electron chi connectivity index (χ1n) is 5.51. The van der Waals surface area contributed by atoms with Gasteiger partial charge >= 0.3 is 5.97 Å². The monoisotopic (exact) mass is 294 g/mol. The van der Waals surface area contributed by atoms with Gasteiger partial charge in [0.2, 0.25) is 0 Å². The molecule has 0 spiro atoms. The third-order valence-electron chi connectivity index (χ3n) is 2.36. The van der Waals surface area contributed by atoms with Crippen molar-refractivity contribution in [3.8, 4) is 5.75 Å². The zero-order chi connectivity index (χ0) is 13.7. The molecule has 0 saturated heterocycles. The fraction of sp³-hybridized carbons (Fsp3) is 0.0714. The van der Waals surface area contributed by atoms with Crippen molar-refractivity contribution in [1.29, 1.82) is 0 Å². The van der Waals surface area contributed by atoms with Gasteiger partial charge in [-0.05, 0) is 29.7 Å². The number of carboxylic acids is 1. The number of aliphatic carboxylic acids is 1. The maximum Gasteiger partial charge on any atom is 0.328 e. The molecule has 19 heavy (non-hydrogen) atoms. The summed E-state index contributed by atoms with van der Waals surface area (Å²) in [6, 6.07) is 9.15. The lowest BCUT2D eigenvalue weighted by Gasteiger charge is -2.09. The lowest BCUT2D eigenvalue weighted by atomic mass is 10.2. The van der Waals surface area contributed by atoms with Gasteiger partial charge in [-0.15, -0.1) is 11.3 Å². The lowest BCUT2D eigenvalue weighted by molar-refractivity contribution is -0.131. The number of rotatable bonds is 5. The van der Waals surface area contributed by atoms with Gasteiger partial charge in [-0.2, -0.15) is 0 Å². The number of carboxylic acid groups (broad SMARTS) is 1. The molecule has 0 bridgehead atoms. The van der Waals surface area contributed by atoms with Crippen molar-refractivity contribution in [2.24, 2.45) is 0 Å². The Balaban J connectivity index is 2.19. The Morgan fingerprint density at radius 1 is 1.37 bits per heavy atom. The minimum absolute atomic E-state index is 0.436. The van der Waals surface area contributed by atoms with Gasteiger partial charge < -0.3 is 9.84 Å². The van der Waals surface area contributed by atoms with Crippen LogP contribution in [0.15, 0.2) is 41.8 Å². The molecule has 3 nitrogen and oxygen atoms in total. The first-order chi connectivity index (χ1) is 9.16. The Kier molecular flexibility index (Phi) is 4.60. The summed E-state index contributed by atoms with van der Waals surface area (Å²) in [7, 11) is 0. The summed E-state index contributed by atoms with van der Waals surface area (Å²) < 4.78 is 5.68. The largest absolute Gasteiger partial charge is 0.487 e. The van der Waals surface area contributed by atoms with Crippen LogP contribution in [0.5, 0.6) is 5.75 Å². The van der Waals surface area contributed by atoms with Crippen LogP contribution in [0.4, 0.5) is 0 Å². The van der Waals surface area contributed by atoms with Gasteiger partial charge in [-0.25, -0.2) is 4.79 Å². The molecule has 2 aromatic rings. The van der Waals surface area contributed by atoms with E-state index in [9.17, 15) is 4.79 Å². The molecule has 0 amide bonds. The van der Waals surface area contributed by atoms with Crippen LogP contribution < -0.4 is 4.74 Å². The van der Waals surface area contributed by atoms with Crippen molar-refractivity contribution in [3.05, 3.63) is 57.3 Å². The predicted octanol–water partition coefficient (Wildman–Crippen LogP) is 4.08. The standard InChI is InChI=1S/C14H11ClO3S/c15-12-4-1-5-13(11(12)6-7-14(16)17)18-9-10-3-2-8-19-10/h1-8H,9H2,(H,16,17)/b7-6+. The highest BCUT2D eigenvalue weighted by Crippen LogP contribution is 2.28. The molecule has 1 N–H and O–H groups in total. The molecule has 0 radical (unpaired) electrons. The summed E-state index contributed by atoms with van der Waals surface area (Å²) in [6.45, 7) is 0.436. The van der Waals surface area contributed by atoms with E-state index in [1.807, 2.05) is 17.5 Å². The number of halogens is 1. The number of benzene rings is 1. The molecule has 5 heteroatoms. The zero-order valence-corrected chi connectivity index (χ0v) is 11.4. The van der Waals surface area contributed by atoms with Gasteiger partial charge in [0.25, 0.3) is 0 Å². The van der Waals surface area contributed by atoms with Gasteiger partial charge in [-0.3, -0.25) is 0 Å². The quantitative estimate of drug-likeness (QED) is 0.845. The third-order valence-corrected chi connectivity index (χ3v) is 3.54. The molecule has 1 aromatic heterocycles. The third kappa shape index (κ3) is 3.84. The van der Waals surface area contributed by atoms with Crippen LogP contribution in [-0.2, 0) is 11.4 Å². The van der Waals surface area contributed by atoms with Gasteiger partial charge in [0.1, 0.15) is 12.4 Å². The van der Waals surface area contributed by atoms with Crippen LogP contribution in [0, 0.1) is 0 Å². The van der Waals surface area contributed by atoms with Crippen LogP contribution in [0.2, 0.25) is 5.02 Å². The molecule has 0 fully saturated rings. The molecule has 0 saturated carbocycles. The van der Waals surface area contributed by atoms with Crippen LogP contribution in [0.25, 0.3) is 6.08 Å². The second kappa shape index (κ2) is 6.41. The fourth-order valence-corrected chi connectivity index (χ4v) is 2.35. The summed E-state index contributed by atoms with van der Waals surface area (Å²) in [5.41, 5.74) is 0.572.